The van der Waals surface area contributed by atoms with Crippen LogP contribution in [0.1, 0.15) is 30.9 Å². The van der Waals surface area contributed by atoms with Crippen LogP contribution in [0.3, 0.4) is 0 Å². The van der Waals surface area contributed by atoms with E-state index in [9.17, 15) is 8.42 Å². The second-order valence-electron chi connectivity index (χ2n) is 4.16. The third kappa shape index (κ3) is 3.78. The number of unbranched alkanes of at least 4 members (excludes halogenated alkanes) is 1. The number of hydrogen-bond acceptors (Lipinski definition) is 3. The molecule has 1 rings (SSSR count). The van der Waals surface area contributed by atoms with Crippen LogP contribution >= 0.6 is 15.9 Å². The molecule has 0 aliphatic heterocycles. The second kappa shape index (κ2) is 6.65. The van der Waals surface area contributed by atoms with E-state index in [2.05, 4.69) is 20.7 Å². The highest BCUT2D eigenvalue weighted by atomic mass is 79.9. The highest BCUT2D eigenvalue weighted by Gasteiger charge is 2.18. The quantitative estimate of drug-likeness (QED) is 0.784. The lowest BCUT2D eigenvalue weighted by atomic mass is 10.1. The van der Waals surface area contributed by atoms with Gasteiger partial charge in [-0.1, -0.05) is 29.3 Å². The maximum Gasteiger partial charge on any atom is 0.240 e. The van der Waals surface area contributed by atoms with Gasteiger partial charge in [0.25, 0.3) is 0 Å². The van der Waals surface area contributed by atoms with Crippen molar-refractivity contribution in [2.75, 3.05) is 6.54 Å². The Morgan fingerprint density at radius 3 is 2.61 bits per heavy atom. The van der Waals surface area contributed by atoms with Gasteiger partial charge in [0, 0.05) is 17.6 Å². The summed E-state index contributed by atoms with van der Waals surface area (Å²) in [6.45, 7) is 4.57. The Bertz CT molecular complexity index is 515. The first kappa shape index (κ1) is 15.6. The smallest absolute Gasteiger partial charge is 0.240 e. The van der Waals surface area contributed by atoms with Gasteiger partial charge in [-0.25, -0.2) is 13.1 Å². The molecule has 3 N–H and O–H groups in total. The van der Waals surface area contributed by atoms with Crippen LogP contribution in [-0.2, 0) is 16.6 Å². The van der Waals surface area contributed by atoms with Gasteiger partial charge < -0.3 is 5.73 Å². The summed E-state index contributed by atoms with van der Waals surface area (Å²) >= 11 is 3.36. The topological polar surface area (TPSA) is 72.2 Å². The zero-order valence-electron chi connectivity index (χ0n) is 10.7. The van der Waals surface area contributed by atoms with Gasteiger partial charge in [-0.2, -0.15) is 0 Å². The molecule has 0 aliphatic carbocycles. The van der Waals surface area contributed by atoms with Crippen LogP contribution in [0.5, 0.6) is 0 Å². The molecule has 1 aromatic carbocycles. The van der Waals surface area contributed by atoms with Gasteiger partial charge in [-0.05, 0) is 36.6 Å². The van der Waals surface area contributed by atoms with Gasteiger partial charge >= 0.3 is 0 Å². The summed E-state index contributed by atoms with van der Waals surface area (Å²) in [5.41, 5.74) is 7.07. The molecule has 0 radical (unpaired) electrons. The van der Waals surface area contributed by atoms with Crippen molar-refractivity contribution >= 4 is 26.0 Å². The molecule has 4 nitrogen and oxygen atoms in total. The lowest BCUT2D eigenvalue weighted by Gasteiger charge is -2.12. The zero-order valence-corrected chi connectivity index (χ0v) is 13.1. The van der Waals surface area contributed by atoms with Crippen LogP contribution in [-0.4, -0.2) is 15.0 Å². The maximum absolute atomic E-state index is 12.2. The molecule has 0 aromatic heterocycles. The van der Waals surface area contributed by atoms with E-state index in [4.69, 9.17) is 5.73 Å². The molecule has 0 amide bonds. The zero-order chi connectivity index (χ0) is 13.8. The summed E-state index contributed by atoms with van der Waals surface area (Å²) in [5, 5.41) is 0. The minimum absolute atomic E-state index is 0.299. The molecule has 1 aromatic rings. The molecule has 0 bridgehead atoms. The Morgan fingerprint density at radius 1 is 1.39 bits per heavy atom. The molecule has 0 saturated heterocycles. The lowest BCUT2D eigenvalue weighted by molar-refractivity contribution is 0.577. The first-order valence-electron chi connectivity index (χ1n) is 5.91. The number of nitrogens with one attached hydrogen (secondary N) is 1. The van der Waals surface area contributed by atoms with E-state index < -0.39 is 10.0 Å². The fraction of sp³-hybridized carbons (Fsp3) is 0.500. The summed E-state index contributed by atoms with van der Waals surface area (Å²) in [6, 6.07) is 3.48. The van der Waals surface area contributed by atoms with Crippen molar-refractivity contribution in [3.05, 3.63) is 27.7 Å². The maximum atomic E-state index is 12.2. The summed E-state index contributed by atoms with van der Waals surface area (Å²) in [4.78, 5) is 0.299. The molecular weight excluding hydrogens is 316 g/mol. The number of hydrogen-bond donors (Lipinski definition) is 2. The van der Waals surface area contributed by atoms with Crippen molar-refractivity contribution in [3.63, 3.8) is 0 Å². The Morgan fingerprint density at radius 2 is 2.06 bits per heavy atom. The van der Waals surface area contributed by atoms with Gasteiger partial charge in [0.1, 0.15) is 0 Å². The Hall–Kier alpha value is -0.430. The molecule has 0 fully saturated rings. The van der Waals surface area contributed by atoms with Gasteiger partial charge in [0.15, 0.2) is 0 Å². The molecule has 0 atom stereocenters. The van der Waals surface area contributed by atoms with Crippen molar-refractivity contribution in [2.24, 2.45) is 5.73 Å². The molecule has 0 spiro atoms. The van der Waals surface area contributed by atoms with Crippen LogP contribution < -0.4 is 10.5 Å². The van der Waals surface area contributed by atoms with Crippen molar-refractivity contribution in [2.45, 2.75) is 38.1 Å². The average molecular weight is 335 g/mol. The van der Waals surface area contributed by atoms with Gasteiger partial charge in [-0.3, -0.25) is 0 Å². The largest absolute Gasteiger partial charge is 0.326 e. The predicted octanol–water partition coefficient (Wildman–Crippen LogP) is 2.29. The SMILES string of the molecule is CCCCNS(=O)(=O)c1cc(CN)cc(Br)c1C. The normalized spacial score (nSPS) is 11.8. The van der Waals surface area contributed by atoms with Crippen LogP contribution in [0, 0.1) is 6.92 Å². The Balaban J connectivity index is 3.11. The summed E-state index contributed by atoms with van der Waals surface area (Å²) in [7, 11) is -3.45. The van der Waals surface area contributed by atoms with E-state index in [1.165, 1.54) is 0 Å². The number of rotatable bonds is 6. The monoisotopic (exact) mass is 334 g/mol. The van der Waals surface area contributed by atoms with E-state index in [0.29, 0.717) is 23.5 Å². The average Bonchev–Trinajstić information content (AvgIpc) is 2.32. The van der Waals surface area contributed by atoms with Crippen LogP contribution in [0.4, 0.5) is 0 Å². The Kier molecular flexibility index (Phi) is 5.78. The highest BCUT2D eigenvalue weighted by Crippen LogP contribution is 2.25. The van der Waals surface area contributed by atoms with E-state index in [1.54, 1.807) is 13.0 Å². The standard InChI is InChI=1S/C12H19BrN2O2S/c1-3-4-5-15-18(16,17)12-7-10(8-14)6-11(13)9(12)2/h6-7,15H,3-5,8,14H2,1-2H3. The van der Waals surface area contributed by atoms with Gasteiger partial charge in [0.05, 0.1) is 4.90 Å². The van der Waals surface area contributed by atoms with Crippen LogP contribution in [0.2, 0.25) is 0 Å². The second-order valence-corrected chi connectivity index (χ2v) is 6.75. The summed E-state index contributed by atoms with van der Waals surface area (Å²) in [6.07, 6.45) is 1.78. The first-order chi connectivity index (χ1) is 8.42. The molecule has 0 saturated carbocycles. The highest BCUT2D eigenvalue weighted by molar-refractivity contribution is 9.10. The number of benzene rings is 1. The first-order valence-corrected chi connectivity index (χ1v) is 8.18. The number of sulfonamides is 1. The molecular formula is C12H19BrN2O2S. The van der Waals surface area contributed by atoms with Gasteiger partial charge in [-0.15, -0.1) is 0 Å². The third-order valence-electron chi connectivity index (χ3n) is 2.70. The fourth-order valence-electron chi connectivity index (χ4n) is 1.57. The molecule has 6 heteroatoms. The van der Waals surface area contributed by atoms with Crippen LogP contribution in [0.15, 0.2) is 21.5 Å². The fourth-order valence-corrected chi connectivity index (χ4v) is 3.59. The molecule has 18 heavy (non-hydrogen) atoms. The Labute approximate surface area is 117 Å². The van der Waals surface area contributed by atoms with Crippen molar-refractivity contribution < 1.29 is 8.42 Å². The molecule has 0 unspecified atom stereocenters. The van der Waals surface area contributed by atoms with Crippen molar-refractivity contribution in [3.8, 4) is 0 Å². The minimum Gasteiger partial charge on any atom is -0.326 e. The van der Waals surface area contributed by atoms with Crippen molar-refractivity contribution in [1.82, 2.24) is 4.72 Å². The summed E-state index contributed by atoms with van der Waals surface area (Å²) in [5.74, 6) is 0. The van der Waals surface area contributed by atoms with Gasteiger partial charge in [0.2, 0.25) is 10.0 Å². The molecule has 102 valence electrons. The molecule has 0 heterocycles. The van der Waals surface area contributed by atoms with E-state index >= 15 is 0 Å². The molecule has 0 aliphatic rings. The van der Waals surface area contributed by atoms with E-state index in [0.717, 1.165) is 22.9 Å². The number of halogens is 1. The van der Waals surface area contributed by atoms with Crippen molar-refractivity contribution in [1.29, 1.82) is 0 Å². The third-order valence-corrected chi connectivity index (χ3v) is 5.11. The number of nitrogens with two attached hydrogens (primary N) is 1. The summed E-state index contributed by atoms with van der Waals surface area (Å²) < 4.78 is 27.7. The van der Waals surface area contributed by atoms with E-state index in [-0.39, 0.29) is 0 Å². The van der Waals surface area contributed by atoms with E-state index in [1.807, 2.05) is 13.0 Å². The minimum atomic E-state index is -3.45. The van der Waals surface area contributed by atoms with Crippen LogP contribution in [0.25, 0.3) is 0 Å². The predicted molar refractivity (Wildman–Crippen MR) is 76.9 cm³/mol. The lowest BCUT2D eigenvalue weighted by Crippen LogP contribution is -2.25.